The largest absolute Gasteiger partial charge is 0.497 e. The molecule has 2 heterocycles. The third-order valence-corrected chi connectivity index (χ3v) is 7.08. The molecule has 0 spiro atoms. The van der Waals surface area contributed by atoms with Crippen LogP contribution in [0.5, 0.6) is 5.75 Å². The maximum Gasteiger partial charge on any atom is 0.248 e. The van der Waals surface area contributed by atoms with Crippen LogP contribution < -0.4 is 10.1 Å². The number of aromatic nitrogens is 1. The smallest absolute Gasteiger partial charge is 0.248 e. The van der Waals surface area contributed by atoms with Crippen molar-refractivity contribution in [3.8, 4) is 5.75 Å². The Morgan fingerprint density at radius 3 is 2.69 bits per heavy atom. The number of piperidine rings is 1. The van der Waals surface area contributed by atoms with Crippen molar-refractivity contribution in [1.82, 2.24) is 14.8 Å². The van der Waals surface area contributed by atoms with Gasteiger partial charge in [0.05, 0.1) is 7.11 Å². The van der Waals surface area contributed by atoms with E-state index in [0.29, 0.717) is 24.3 Å². The highest BCUT2D eigenvalue weighted by atomic mass is 32.2. The SMILES string of the molecule is CNC(=O)C1CCN(S(=O)(=O)c2c(C)noc2/C=C/c2cccc(OC)c2)CC1. The molecule has 1 aromatic carbocycles. The third-order valence-electron chi connectivity index (χ3n) is 5.02. The number of carbonyl (C=O) groups excluding carboxylic acids is 1. The molecule has 156 valence electrons. The Kier molecular flexibility index (Phi) is 6.39. The standard InChI is InChI=1S/C20H25N3O5S/c1-14-19(29(25,26)23-11-9-16(10-12-23)20(24)21-2)18(28-22-14)8-7-15-5-4-6-17(13-15)27-3/h4-8,13,16H,9-12H2,1-3H3,(H,21,24)/b8-7+. The Labute approximate surface area is 170 Å². The zero-order valence-corrected chi connectivity index (χ0v) is 17.5. The lowest BCUT2D eigenvalue weighted by Gasteiger charge is -2.30. The average Bonchev–Trinajstić information content (AvgIpc) is 3.13. The summed E-state index contributed by atoms with van der Waals surface area (Å²) in [6.07, 6.45) is 4.31. The fraction of sp³-hybridized carbons (Fsp3) is 0.400. The lowest BCUT2D eigenvalue weighted by Crippen LogP contribution is -2.42. The van der Waals surface area contributed by atoms with Gasteiger partial charge in [0.2, 0.25) is 15.9 Å². The molecule has 1 N–H and O–H groups in total. The van der Waals surface area contributed by atoms with Crippen LogP contribution in [0.2, 0.25) is 0 Å². The maximum absolute atomic E-state index is 13.2. The van der Waals surface area contributed by atoms with Crippen molar-refractivity contribution in [3.63, 3.8) is 0 Å². The minimum Gasteiger partial charge on any atom is -0.497 e. The van der Waals surface area contributed by atoms with E-state index in [1.807, 2.05) is 24.3 Å². The summed E-state index contributed by atoms with van der Waals surface area (Å²) in [4.78, 5) is 11.9. The zero-order chi connectivity index (χ0) is 21.0. The first-order chi connectivity index (χ1) is 13.9. The Bertz CT molecular complexity index is 1000. The highest BCUT2D eigenvalue weighted by molar-refractivity contribution is 7.89. The van der Waals surface area contributed by atoms with Gasteiger partial charge in [0.15, 0.2) is 10.7 Å². The van der Waals surface area contributed by atoms with Crippen molar-refractivity contribution in [3.05, 3.63) is 41.3 Å². The minimum absolute atomic E-state index is 0.0508. The molecule has 0 unspecified atom stereocenters. The van der Waals surface area contributed by atoms with E-state index in [9.17, 15) is 13.2 Å². The first kappa shape index (κ1) is 21.1. The molecule has 1 aliphatic rings. The number of rotatable bonds is 6. The summed E-state index contributed by atoms with van der Waals surface area (Å²) < 4.78 is 38.3. The topological polar surface area (TPSA) is 102 Å². The third kappa shape index (κ3) is 4.51. The van der Waals surface area contributed by atoms with Gasteiger partial charge < -0.3 is 14.6 Å². The highest BCUT2D eigenvalue weighted by Crippen LogP contribution is 2.29. The predicted octanol–water partition coefficient (Wildman–Crippen LogP) is 2.31. The molecular formula is C20H25N3O5S. The minimum atomic E-state index is -3.78. The Hall–Kier alpha value is -2.65. The molecule has 1 aliphatic heterocycles. The summed E-state index contributed by atoms with van der Waals surface area (Å²) in [5.41, 5.74) is 1.15. The van der Waals surface area contributed by atoms with Gasteiger partial charge in [0.1, 0.15) is 11.4 Å². The fourth-order valence-corrected chi connectivity index (χ4v) is 5.13. The van der Waals surface area contributed by atoms with Crippen molar-refractivity contribution in [2.45, 2.75) is 24.7 Å². The molecule has 2 aromatic rings. The van der Waals surface area contributed by atoms with Gasteiger partial charge in [-0.05, 0) is 43.5 Å². The number of sulfonamides is 1. The van der Waals surface area contributed by atoms with Crippen LogP contribution in [0.1, 0.15) is 29.9 Å². The highest BCUT2D eigenvalue weighted by Gasteiger charge is 2.35. The second-order valence-electron chi connectivity index (χ2n) is 6.86. The van der Waals surface area contributed by atoms with Crippen LogP contribution in [0.25, 0.3) is 12.2 Å². The summed E-state index contributed by atoms with van der Waals surface area (Å²) in [6, 6.07) is 7.38. The van der Waals surface area contributed by atoms with Crippen molar-refractivity contribution >= 4 is 28.1 Å². The number of methoxy groups -OCH3 is 1. The van der Waals surface area contributed by atoms with Gasteiger partial charge in [0.25, 0.3) is 0 Å². The van der Waals surface area contributed by atoms with Gasteiger partial charge in [-0.3, -0.25) is 4.79 Å². The first-order valence-corrected chi connectivity index (χ1v) is 10.8. The summed E-state index contributed by atoms with van der Waals surface area (Å²) in [6.45, 7) is 2.17. The number of aryl methyl sites for hydroxylation is 1. The van der Waals surface area contributed by atoms with Gasteiger partial charge in [-0.2, -0.15) is 4.31 Å². The number of nitrogens with one attached hydrogen (secondary N) is 1. The zero-order valence-electron chi connectivity index (χ0n) is 16.7. The summed E-state index contributed by atoms with van der Waals surface area (Å²) >= 11 is 0. The number of hydrogen-bond acceptors (Lipinski definition) is 6. The summed E-state index contributed by atoms with van der Waals surface area (Å²) in [7, 11) is -0.610. The Morgan fingerprint density at radius 1 is 1.31 bits per heavy atom. The van der Waals surface area contributed by atoms with E-state index >= 15 is 0 Å². The quantitative estimate of drug-likeness (QED) is 0.771. The lowest BCUT2D eigenvalue weighted by atomic mass is 9.97. The van der Waals surface area contributed by atoms with E-state index in [-0.39, 0.29) is 35.6 Å². The fourth-order valence-electron chi connectivity index (χ4n) is 3.41. The van der Waals surface area contributed by atoms with Crippen molar-refractivity contribution < 1.29 is 22.5 Å². The summed E-state index contributed by atoms with van der Waals surface area (Å²) in [5.74, 6) is 0.666. The van der Waals surface area contributed by atoms with E-state index in [2.05, 4.69) is 10.5 Å². The van der Waals surface area contributed by atoms with E-state index in [1.54, 1.807) is 33.2 Å². The Balaban J connectivity index is 1.83. The second kappa shape index (κ2) is 8.79. The van der Waals surface area contributed by atoms with Crippen LogP contribution in [-0.2, 0) is 14.8 Å². The van der Waals surface area contributed by atoms with Crippen LogP contribution in [0.4, 0.5) is 0 Å². The number of amides is 1. The lowest BCUT2D eigenvalue weighted by molar-refractivity contribution is -0.125. The molecule has 8 nitrogen and oxygen atoms in total. The van der Waals surface area contributed by atoms with Gasteiger partial charge in [-0.15, -0.1) is 0 Å². The van der Waals surface area contributed by atoms with Crippen molar-refractivity contribution in [2.75, 3.05) is 27.2 Å². The van der Waals surface area contributed by atoms with E-state index in [0.717, 1.165) is 5.56 Å². The molecule has 1 aromatic heterocycles. The van der Waals surface area contributed by atoms with Crippen LogP contribution in [-0.4, -0.2) is 51.0 Å². The van der Waals surface area contributed by atoms with Crippen molar-refractivity contribution in [1.29, 1.82) is 0 Å². The van der Waals surface area contributed by atoms with Gasteiger partial charge in [-0.1, -0.05) is 23.4 Å². The molecule has 29 heavy (non-hydrogen) atoms. The average molecular weight is 420 g/mol. The van der Waals surface area contributed by atoms with Crippen molar-refractivity contribution in [2.24, 2.45) is 5.92 Å². The molecule has 1 fully saturated rings. The maximum atomic E-state index is 13.2. The van der Waals surface area contributed by atoms with Gasteiger partial charge in [-0.25, -0.2) is 8.42 Å². The van der Waals surface area contributed by atoms with Gasteiger partial charge in [0, 0.05) is 26.1 Å². The van der Waals surface area contributed by atoms with Gasteiger partial charge >= 0.3 is 0 Å². The second-order valence-corrected chi connectivity index (χ2v) is 8.74. The van der Waals surface area contributed by atoms with Crippen LogP contribution in [0.3, 0.4) is 0 Å². The molecule has 0 saturated carbocycles. The molecular weight excluding hydrogens is 394 g/mol. The number of hydrogen-bond donors (Lipinski definition) is 1. The molecule has 0 aliphatic carbocycles. The molecule has 0 radical (unpaired) electrons. The van der Waals surface area contributed by atoms with E-state index < -0.39 is 10.0 Å². The van der Waals surface area contributed by atoms with Crippen LogP contribution in [0.15, 0.2) is 33.7 Å². The van der Waals surface area contributed by atoms with Crippen LogP contribution in [0, 0.1) is 12.8 Å². The van der Waals surface area contributed by atoms with E-state index in [4.69, 9.17) is 9.26 Å². The molecule has 3 rings (SSSR count). The van der Waals surface area contributed by atoms with E-state index in [1.165, 1.54) is 4.31 Å². The number of carbonyl (C=O) groups is 1. The first-order valence-electron chi connectivity index (χ1n) is 9.37. The number of benzene rings is 1. The molecule has 0 bridgehead atoms. The Morgan fingerprint density at radius 2 is 2.03 bits per heavy atom. The normalized spacial score (nSPS) is 16.2. The summed E-state index contributed by atoms with van der Waals surface area (Å²) in [5, 5.41) is 6.48. The van der Waals surface area contributed by atoms with Crippen LogP contribution >= 0.6 is 0 Å². The molecule has 9 heteroatoms. The molecule has 1 amide bonds. The monoisotopic (exact) mass is 419 g/mol. The molecule has 0 atom stereocenters. The number of ether oxygens (including phenoxy) is 1. The molecule has 1 saturated heterocycles. The predicted molar refractivity (Wildman–Crippen MR) is 109 cm³/mol. The number of nitrogens with zero attached hydrogens (tertiary/aromatic N) is 2.